The van der Waals surface area contributed by atoms with Crippen molar-refractivity contribution in [2.45, 2.75) is 25.8 Å². The summed E-state index contributed by atoms with van der Waals surface area (Å²) in [6.07, 6.45) is 2.58. The van der Waals surface area contributed by atoms with E-state index in [4.69, 9.17) is 14.9 Å². The number of aromatic nitrogens is 2. The fourth-order valence-electron chi connectivity index (χ4n) is 3.69. The number of carbonyl (C=O) groups is 3. The van der Waals surface area contributed by atoms with Gasteiger partial charge in [0.05, 0.1) is 22.8 Å². The van der Waals surface area contributed by atoms with E-state index in [0.717, 1.165) is 23.2 Å². The minimum Gasteiger partial charge on any atom is -0.492 e. The van der Waals surface area contributed by atoms with Crippen molar-refractivity contribution in [3.63, 3.8) is 0 Å². The third kappa shape index (κ3) is 6.89. The molecule has 3 N–H and O–H groups in total. The first kappa shape index (κ1) is 27.8. The first-order chi connectivity index (χ1) is 18.1. The summed E-state index contributed by atoms with van der Waals surface area (Å²) >= 11 is 0. The van der Waals surface area contributed by atoms with E-state index < -0.39 is 17.9 Å². The predicted octanol–water partition coefficient (Wildman–Crippen LogP) is 3.02. The Morgan fingerprint density at radius 3 is 2.50 bits per heavy atom. The second-order valence-electron chi connectivity index (χ2n) is 8.71. The van der Waals surface area contributed by atoms with Crippen molar-refractivity contribution < 1.29 is 29.3 Å². The van der Waals surface area contributed by atoms with E-state index >= 15 is 0 Å². The third-order valence-electron chi connectivity index (χ3n) is 5.89. The number of hydrogen-bond donors (Lipinski definition) is 3. The molecule has 2 heterocycles. The van der Waals surface area contributed by atoms with Crippen LogP contribution in [0.2, 0.25) is 0 Å². The number of carboxylic acids is 2. The lowest BCUT2D eigenvalue weighted by molar-refractivity contribution is -0.134. The van der Waals surface area contributed by atoms with E-state index in [-0.39, 0.29) is 5.91 Å². The van der Waals surface area contributed by atoms with Crippen molar-refractivity contribution in [3.05, 3.63) is 71.7 Å². The number of benzene rings is 2. The molecule has 1 unspecified atom stereocenters. The molecule has 1 aromatic heterocycles. The van der Waals surface area contributed by atoms with Gasteiger partial charge < -0.3 is 25.2 Å². The number of nitrogens with one attached hydrogen (secondary N) is 1. The highest BCUT2D eigenvalue weighted by Crippen LogP contribution is 2.39. The topological polar surface area (TPSA) is 166 Å². The lowest BCUT2D eigenvalue weighted by atomic mass is 9.93. The normalized spacial score (nSPS) is 14.1. The van der Waals surface area contributed by atoms with Gasteiger partial charge in [0.1, 0.15) is 24.6 Å². The molecule has 4 rings (SSSR count). The molecule has 0 bridgehead atoms. The van der Waals surface area contributed by atoms with Crippen molar-refractivity contribution in [1.29, 1.82) is 5.26 Å². The number of ether oxygens (including phenoxy) is 1. The Morgan fingerprint density at radius 2 is 1.87 bits per heavy atom. The van der Waals surface area contributed by atoms with E-state index in [1.807, 2.05) is 18.2 Å². The standard InChI is InChI=1S/C23H23N5O2.C4H4O4/c1-14(2)28(3)8-9-30-16-5-6-17-20(11-16)25-13-26-22(17)21-18-10-15(12-24)4-7-19(18)27-23(21)29;5-3(6)1-2-4(7)8/h4-7,10-11,13-14,21H,8-9H2,1-3H3,(H,27,29);1-2H,(H,5,6)(H,7,8). The molecule has 1 atom stereocenters. The molecule has 196 valence electrons. The lowest BCUT2D eigenvalue weighted by Crippen LogP contribution is -2.30. The molecular formula is C27H27N5O6. The number of likely N-dealkylation sites (N-methyl/N-ethyl adjacent to an activating group) is 1. The van der Waals surface area contributed by atoms with Gasteiger partial charge in [-0.2, -0.15) is 5.26 Å². The number of anilines is 1. The van der Waals surface area contributed by atoms with Crippen molar-refractivity contribution in [1.82, 2.24) is 14.9 Å². The molecule has 0 fully saturated rings. The van der Waals surface area contributed by atoms with Crippen LogP contribution < -0.4 is 10.1 Å². The second-order valence-corrected chi connectivity index (χ2v) is 8.71. The number of carbonyl (C=O) groups excluding carboxylic acids is 1. The maximum atomic E-state index is 12.7. The predicted molar refractivity (Wildman–Crippen MR) is 139 cm³/mol. The smallest absolute Gasteiger partial charge is 0.328 e. The Hall–Kier alpha value is -4.82. The van der Waals surface area contributed by atoms with Gasteiger partial charge in [-0.15, -0.1) is 0 Å². The Bertz CT molecular complexity index is 1410. The number of nitriles is 1. The van der Waals surface area contributed by atoms with E-state index in [1.165, 1.54) is 6.33 Å². The summed E-state index contributed by atoms with van der Waals surface area (Å²) in [6.45, 7) is 5.69. The summed E-state index contributed by atoms with van der Waals surface area (Å²) in [5.41, 5.74) is 3.32. The molecule has 11 nitrogen and oxygen atoms in total. The number of amides is 1. The Kier molecular flexibility index (Phi) is 9.08. The van der Waals surface area contributed by atoms with Crippen molar-refractivity contribution in [3.8, 4) is 11.8 Å². The zero-order chi connectivity index (χ0) is 27.8. The second kappa shape index (κ2) is 12.4. The molecule has 1 aliphatic heterocycles. The summed E-state index contributed by atoms with van der Waals surface area (Å²) in [4.78, 5) is 42.8. The van der Waals surface area contributed by atoms with E-state index in [9.17, 15) is 19.6 Å². The van der Waals surface area contributed by atoms with Gasteiger partial charge in [-0.1, -0.05) is 0 Å². The van der Waals surface area contributed by atoms with Crippen LogP contribution in [0.4, 0.5) is 5.69 Å². The highest BCUT2D eigenvalue weighted by Gasteiger charge is 2.34. The highest BCUT2D eigenvalue weighted by atomic mass is 16.5. The minimum atomic E-state index is -1.26. The summed E-state index contributed by atoms with van der Waals surface area (Å²) in [6, 6.07) is 13.4. The average molecular weight is 518 g/mol. The molecular weight excluding hydrogens is 490 g/mol. The van der Waals surface area contributed by atoms with Gasteiger partial charge in [0.15, 0.2) is 0 Å². The number of carboxylic acid groups (broad SMARTS) is 2. The highest BCUT2D eigenvalue weighted by molar-refractivity contribution is 6.06. The molecule has 1 amide bonds. The average Bonchev–Trinajstić information content (AvgIpc) is 3.21. The molecule has 1 aliphatic rings. The van der Waals surface area contributed by atoms with Crippen molar-refractivity contribution >= 4 is 34.4 Å². The first-order valence-corrected chi connectivity index (χ1v) is 11.7. The Morgan fingerprint density at radius 1 is 1.16 bits per heavy atom. The monoisotopic (exact) mass is 517 g/mol. The molecule has 3 aromatic rings. The van der Waals surface area contributed by atoms with Crippen molar-refractivity contribution in [2.24, 2.45) is 0 Å². The number of rotatable bonds is 8. The quantitative estimate of drug-likeness (QED) is 0.378. The summed E-state index contributed by atoms with van der Waals surface area (Å²) in [7, 11) is 2.07. The van der Waals surface area contributed by atoms with Gasteiger partial charge in [-0.3, -0.25) is 4.79 Å². The van der Waals surface area contributed by atoms with E-state index in [0.29, 0.717) is 47.3 Å². The van der Waals surface area contributed by atoms with Crippen LogP contribution in [-0.4, -0.2) is 69.2 Å². The van der Waals surface area contributed by atoms with E-state index in [1.54, 1.807) is 18.2 Å². The number of fused-ring (bicyclic) bond motifs is 2. The van der Waals surface area contributed by atoms with Crippen LogP contribution in [0.3, 0.4) is 0 Å². The fraction of sp³-hybridized carbons (Fsp3) is 0.259. The largest absolute Gasteiger partial charge is 0.492 e. The molecule has 0 aliphatic carbocycles. The lowest BCUT2D eigenvalue weighted by Gasteiger charge is -2.20. The maximum Gasteiger partial charge on any atom is 0.328 e. The molecule has 11 heteroatoms. The van der Waals surface area contributed by atoms with Crippen LogP contribution in [0.25, 0.3) is 10.9 Å². The summed E-state index contributed by atoms with van der Waals surface area (Å²) in [5, 5.41) is 28.5. The summed E-state index contributed by atoms with van der Waals surface area (Å²) < 4.78 is 5.89. The SMILES string of the molecule is CC(C)N(C)CCOc1ccc2c(C3C(=O)Nc4ccc(C#N)cc43)ncnc2c1.O=C(O)C=CC(=O)O. The van der Waals surface area contributed by atoms with E-state index in [2.05, 4.69) is 47.1 Å². The van der Waals surface area contributed by atoms with Gasteiger partial charge in [0, 0.05) is 41.9 Å². The molecule has 38 heavy (non-hydrogen) atoms. The zero-order valence-electron chi connectivity index (χ0n) is 21.1. The molecule has 0 saturated heterocycles. The van der Waals surface area contributed by atoms with Crippen LogP contribution in [0.1, 0.15) is 36.6 Å². The van der Waals surface area contributed by atoms with Crippen LogP contribution in [0, 0.1) is 11.3 Å². The summed E-state index contributed by atoms with van der Waals surface area (Å²) in [5.74, 6) is -2.52. The number of hydrogen-bond acceptors (Lipinski definition) is 8. The molecule has 0 saturated carbocycles. The molecule has 0 radical (unpaired) electrons. The van der Waals surface area contributed by atoms with Gasteiger partial charge in [-0.05, 0) is 56.8 Å². The van der Waals surface area contributed by atoms with Gasteiger partial charge >= 0.3 is 11.9 Å². The maximum absolute atomic E-state index is 12.7. The van der Waals surface area contributed by atoms with Crippen molar-refractivity contribution in [2.75, 3.05) is 25.5 Å². The molecule has 2 aromatic carbocycles. The minimum absolute atomic E-state index is 0.155. The fourth-order valence-corrected chi connectivity index (χ4v) is 3.69. The number of nitrogens with zero attached hydrogens (tertiary/aromatic N) is 4. The van der Waals surface area contributed by atoms with Crippen LogP contribution >= 0.6 is 0 Å². The van der Waals surface area contributed by atoms with Crippen LogP contribution in [0.15, 0.2) is 54.9 Å². The first-order valence-electron chi connectivity index (χ1n) is 11.7. The van der Waals surface area contributed by atoms with Gasteiger partial charge in [-0.25, -0.2) is 19.6 Å². The van der Waals surface area contributed by atoms with Crippen LogP contribution in [0.5, 0.6) is 5.75 Å². The number of aliphatic carboxylic acids is 2. The Balaban J connectivity index is 0.000000436. The van der Waals surface area contributed by atoms with Crippen LogP contribution in [-0.2, 0) is 14.4 Å². The van der Waals surface area contributed by atoms with Gasteiger partial charge in [0.25, 0.3) is 0 Å². The molecule has 0 spiro atoms. The zero-order valence-corrected chi connectivity index (χ0v) is 21.1. The van der Waals surface area contributed by atoms with Gasteiger partial charge in [0.2, 0.25) is 5.91 Å². The Labute approximate surface area is 219 Å². The third-order valence-corrected chi connectivity index (χ3v) is 5.89.